The second kappa shape index (κ2) is 6.59. The maximum atomic E-state index is 12.5. The van der Waals surface area contributed by atoms with Gasteiger partial charge in [0.1, 0.15) is 0 Å². The zero-order chi connectivity index (χ0) is 16.2. The number of rotatable bonds is 5. The van der Waals surface area contributed by atoms with E-state index in [2.05, 4.69) is 10.6 Å². The number of hydrogen-bond donors (Lipinski definition) is 3. The van der Waals surface area contributed by atoms with E-state index in [1.54, 1.807) is 31.3 Å². The number of carbonyl (C=O) groups is 1. The summed E-state index contributed by atoms with van der Waals surface area (Å²) in [7, 11) is -1.82. The number of sulfone groups is 1. The Morgan fingerprint density at radius 3 is 1.82 bits per heavy atom. The molecule has 0 bridgehead atoms. The van der Waals surface area contributed by atoms with Crippen molar-refractivity contribution in [3.8, 4) is 0 Å². The van der Waals surface area contributed by atoms with Crippen LogP contribution in [-0.4, -0.2) is 27.9 Å². The first-order chi connectivity index (χ1) is 10.5. The van der Waals surface area contributed by atoms with Crippen molar-refractivity contribution >= 4 is 27.1 Å². The van der Waals surface area contributed by atoms with Gasteiger partial charge in [0.05, 0.1) is 16.3 Å². The Morgan fingerprint density at radius 1 is 0.955 bits per heavy atom. The third-order valence-corrected chi connectivity index (χ3v) is 4.87. The van der Waals surface area contributed by atoms with E-state index in [1.807, 2.05) is 0 Å². The second-order valence-corrected chi connectivity index (χ2v) is 6.50. The van der Waals surface area contributed by atoms with Crippen molar-refractivity contribution in [2.24, 2.45) is 5.73 Å². The van der Waals surface area contributed by atoms with Crippen LogP contribution in [0.4, 0.5) is 11.4 Å². The predicted molar refractivity (Wildman–Crippen MR) is 85.6 cm³/mol. The van der Waals surface area contributed by atoms with Crippen LogP contribution in [0.1, 0.15) is 0 Å². The van der Waals surface area contributed by atoms with Crippen molar-refractivity contribution in [2.75, 3.05) is 24.2 Å². The van der Waals surface area contributed by atoms with Gasteiger partial charge in [-0.1, -0.05) is 0 Å². The van der Waals surface area contributed by atoms with Crippen LogP contribution < -0.4 is 16.4 Å². The molecule has 6 nitrogen and oxygen atoms in total. The zero-order valence-corrected chi connectivity index (χ0v) is 12.9. The molecule has 0 heterocycles. The molecule has 0 atom stereocenters. The molecule has 0 aliphatic heterocycles. The third kappa shape index (κ3) is 3.44. The van der Waals surface area contributed by atoms with Crippen LogP contribution in [0.2, 0.25) is 0 Å². The van der Waals surface area contributed by atoms with Crippen LogP contribution in [0.25, 0.3) is 0 Å². The molecular formula is C15H17N3O3S. The first-order valence-corrected chi connectivity index (χ1v) is 8.08. The maximum absolute atomic E-state index is 12.5. The SMILES string of the molecule is CNc1ccc(S(=O)(=O)c2ccc(NC(=O)CN)cc2)cc1. The number of nitrogens with one attached hydrogen (secondary N) is 2. The summed E-state index contributed by atoms with van der Waals surface area (Å²) in [5.41, 5.74) is 6.54. The molecule has 0 aliphatic carbocycles. The molecule has 4 N–H and O–H groups in total. The number of hydrogen-bond acceptors (Lipinski definition) is 5. The molecule has 0 radical (unpaired) electrons. The van der Waals surface area contributed by atoms with Crippen molar-refractivity contribution in [1.82, 2.24) is 0 Å². The largest absolute Gasteiger partial charge is 0.388 e. The normalized spacial score (nSPS) is 11.0. The number of carbonyl (C=O) groups excluding carboxylic acids is 1. The van der Waals surface area contributed by atoms with Crippen molar-refractivity contribution in [3.05, 3.63) is 48.5 Å². The first kappa shape index (κ1) is 16.0. The van der Waals surface area contributed by atoms with Crippen LogP contribution >= 0.6 is 0 Å². The molecule has 0 aliphatic rings. The molecule has 0 aromatic heterocycles. The minimum Gasteiger partial charge on any atom is -0.388 e. The number of amides is 1. The predicted octanol–water partition coefficient (Wildman–Crippen LogP) is 1.46. The van der Waals surface area contributed by atoms with Gasteiger partial charge in [0.2, 0.25) is 15.7 Å². The molecule has 2 aromatic carbocycles. The Kier molecular flexibility index (Phi) is 4.79. The Hall–Kier alpha value is -2.38. The van der Waals surface area contributed by atoms with Crippen molar-refractivity contribution in [1.29, 1.82) is 0 Å². The van der Waals surface area contributed by atoms with Gasteiger partial charge >= 0.3 is 0 Å². The first-order valence-electron chi connectivity index (χ1n) is 6.60. The van der Waals surface area contributed by atoms with Gasteiger partial charge in [0.25, 0.3) is 0 Å². The van der Waals surface area contributed by atoms with E-state index in [4.69, 9.17) is 5.73 Å². The molecule has 0 fully saturated rings. The lowest BCUT2D eigenvalue weighted by atomic mass is 10.3. The lowest BCUT2D eigenvalue weighted by molar-refractivity contribution is -0.114. The third-order valence-electron chi connectivity index (χ3n) is 3.09. The van der Waals surface area contributed by atoms with E-state index < -0.39 is 9.84 Å². The molecule has 2 rings (SSSR count). The highest BCUT2D eigenvalue weighted by Crippen LogP contribution is 2.23. The van der Waals surface area contributed by atoms with Gasteiger partial charge in [0, 0.05) is 18.4 Å². The Labute approximate surface area is 129 Å². The minimum atomic E-state index is -3.58. The highest BCUT2D eigenvalue weighted by molar-refractivity contribution is 7.91. The molecule has 2 aromatic rings. The summed E-state index contributed by atoms with van der Waals surface area (Å²) in [6.45, 7) is -0.127. The Morgan fingerprint density at radius 2 is 1.41 bits per heavy atom. The fourth-order valence-electron chi connectivity index (χ4n) is 1.87. The lowest BCUT2D eigenvalue weighted by Crippen LogP contribution is -2.21. The van der Waals surface area contributed by atoms with E-state index >= 15 is 0 Å². The van der Waals surface area contributed by atoms with Crippen LogP contribution in [0.15, 0.2) is 58.3 Å². The molecule has 0 unspecified atom stereocenters. The van der Waals surface area contributed by atoms with Crippen molar-refractivity contribution in [3.63, 3.8) is 0 Å². The summed E-state index contributed by atoms with van der Waals surface area (Å²) in [6.07, 6.45) is 0. The van der Waals surface area contributed by atoms with E-state index in [-0.39, 0.29) is 22.2 Å². The van der Waals surface area contributed by atoms with Crippen LogP contribution in [0.5, 0.6) is 0 Å². The summed E-state index contributed by atoms with van der Waals surface area (Å²) >= 11 is 0. The summed E-state index contributed by atoms with van der Waals surface area (Å²) in [5.74, 6) is -0.335. The number of nitrogens with two attached hydrogens (primary N) is 1. The highest BCUT2D eigenvalue weighted by atomic mass is 32.2. The minimum absolute atomic E-state index is 0.127. The molecular weight excluding hydrogens is 302 g/mol. The lowest BCUT2D eigenvalue weighted by Gasteiger charge is -2.08. The summed E-state index contributed by atoms with van der Waals surface area (Å²) in [5, 5.41) is 5.49. The summed E-state index contributed by atoms with van der Waals surface area (Å²) in [6, 6.07) is 12.5. The van der Waals surface area contributed by atoms with Gasteiger partial charge in [-0.3, -0.25) is 4.79 Å². The monoisotopic (exact) mass is 319 g/mol. The second-order valence-electron chi connectivity index (χ2n) is 4.55. The molecule has 22 heavy (non-hydrogen) atoms. The quantitative estimate of drug-likeness (QED) is 0.774. The van der Waals surface area contributed by atoms with Crippen molar-refractivity contribution in [2.45, 2.75) is 9.79 Å². The summed E-state index contributed by atoms with van der Waals surface area (Å²) in [4.78, 5) is 11.6. The molecule has 116 valence electrons. The standard InChI is InChI=1S/C15H17N3O3S/c1-17-11-2-6-13(7-3-11)22(20,21)14-8-4-12(5-9-14)18-15(19)10-16/h2-9,17H,10,16H2,1H3,(H,18,19). The van der Waals surface area contributed by atoms with Gasteiger partial charge in [-0.15, -0.1) is 0 Å². The molecule has 0 saturated heterocycles. The smallest absolute Gasteiger partial charge is 0.238 e. The fourth-order valence-corrected chi connectivity index (χ4v) is 3.13. The van der Waals surface area contributed by atoms with Gasteiger partial charge in [-0.2, -0.15) is 0 Å². The van der Waals surface area contributed by atoms with E-state index in [9.17, 15) is 13.2 Å². The average Bonchev–Trinajstić information content (AvgIpc) is 2.55. The molecule has 0 saturated carbocycles. The van der Waals surface area contributed by atoms with Crippen LogP contribution in [0, 0.1) is 0 Å². The zero-order valence-electron chi connectivity index (χ0n) is 12.0. The van der Waals surface area contributed by atoms with E-state index in [0.29, 0.717) is 5.69 Å². The molecule has 0 spiro atoms. The van der Waals surface area contributed by atoms with Crippen LogP contribution in [0.3, 0.4) is 0 Å². The Bertz CT molecular complexity index is 754. The van der Waals surface area contributed by atoms with Gasteiger partial charge < -0.3 is 16.4 Å². The molecule has 1 amide bonds. The van der Waals surface area contributed by atoms with Gasteiger partial charge in [0.15, 0.2) is 0 Å². The van der Waals surface area contributed by atoms with Gasteiger partial charge in [-0.05, 0) is 48.5 Å². The summed E-state index contributed by atoms with van der Waals surface area (Å²) < 4.78 is 25.0. The van der Waals surface area contributed by atoms with E-state index in [1.165, 1.54) is 24.3 Å². The average molecular weight is 319 g/mol. The molecule has 7 heteroatoms. The fraction of sp³-hybridized carbons (Fsp3) is 0.133. The highest BCUT2D eigenvalue weighted by Gasteiger charge is 2.17. The van der Waals surface area contributed by atoms with Crippen LogP contribution in [-0.2, 0) is 14.6 Å². The topological polar surface area (TPSA) is 101 Å². The van der Waals surface area contributed by atoms with Gasteiger partial charge in [-0.25, -0.2) is 8.42 Å². The van der Waals surface area contributed by atoms with Crippen molar-refractivity contribution < 1.29 is 13.2 Å². The number of anilines is 2. The van der Waals surface area contributed by atoms with E-state index in [0.717, 1.165) is 5.69 Å². The Balaban J connectivity index is 2.27. The number of benzene rings is 2. The maximum Gasteiger partial charge on any atom is 0.238 e.